The van der Waals surface area contributed by atoms with Gasteiger partial charge in [0.1, 0.15) is 35.9 Å². The summed E-state index contributed by atoms with van der Waals surface area (Å²) >= 11 is 0. The number of ether oxygens (including phenoxy) is 1. The van der Waals surface area contributed by atoms with E-state index in [9.17, 15) is 50.4 Å². The van der Waals surface area contributed by atoms with Gasteiger partial charge in [0.25, 0.3) is 11.8 Å². The van der Waals surface area contributed by atoms with Crippen LogP contribution >= 0.6 is 0 Å². The van der Waals surface area contributed by atoms with Crippen LogP contribution in [-0.4, -0.2) is 118 Å². The van der Waals surface area contributed by atoms with Gasteiger partial charge in [0.15, 0.2) is 6.23 Å². The van der Waals surface area contributed by atoms with Crippen LogP contribution in [-0.2, 0) is 4.74 Å². The third-order valence-electron chi connectivity index (χ3n) is 8.46. The molecular weight excluding hydrogens is 580 g/mol. The molecule has 44 heavy (non-hydrogen) atoms. The number of carbonyl (C=O) groups excluding carboxylic acids is 2. The van der Waals surface area contributed by atoms with E-state index in [-0.39, 0.29) is 49.9 Å². The highest BCUT2D eigenvalue weighted by molar-refractivity contribution is 6.39. The molecule has 1 fully saturated rings. The number of aromatic hydroxyl groups is 2. The Kier molecular flexibility index (Phi) is 6.54. The van der Waals surface area contributed by atoms with E-state index in [1.807, 2.05) is 0 Å². The standard InChI is InChI=1S/C29H28N4O11/c34-7-10(8-35)31-33-27(42)20-18-13-3-1-11(37)5-15(13)30-22(18)23-19(21(20)28(33)43)14-4-2-12(38)6-16(14)32(23)29-26(41)25(40)24(39)17(9-36)44-29/h1-6,10,17,24-26,29-31,34-41H,7-9H2/t17-,24-,25-,26-,29?/m1/s1. The Morgan fingerprint density at radius 2 is 1.48 bits per heavy atom. The van der Waals surface area contributed by atoms with E-state index in [0.717, 1.165) is 0 Å². The highest BCUT2D eigenvalue weighted by atomic mass is 16.6. The summed E-state index contributed by atoms with van der Waals surface area (Å²) in [7, 11) is 0. The maximum Gasteiger partial charge on any atom is 0.276 e. The molecule has 2 aliphatic rings. The number of rotatable bonds is 6. The highest BCUT2D eigenvalue weighted by Crippen LogP contribution is 2.47. The molecule has 2 aliphatic heterocycles. The minimum absolute atomic E-state index is 0.0162. The van der Waals surface area contributed by atoms with Crippen LogP contribution in [0.1, 0.15) is 26.9 Å². The fraction of sp³-hybridized carbons (Fsp3) is 0.310. The number of phenols is 2. The molecule has 0 bridgehead atoms. The van der Waals surface area contributed by atoms with E-state index < -0.39 is 68.3 Å². The molecule has 0 saturated carbocycles. The van der Waals surface area contributed by atoms with Gasteiger partial charge < -0.3 is 55.1 Å². The molecule has 2 amide bonds. The minimum atomic E-state index is -1.75. The molecule has 230 valence electrons. The molecule has 2 aromatic heterocycles. The van der Waals surface area contributed by atoms with Crippen molar-refractivity contribution in [2.75, 3.05) is 19.8 Å². The summed E-state index contributed by atoms with van der Waals surface area (Å²) in [5, 5.41) is 84.2. The lowest BCUT2D eigenvalue weighted by atomic mass is 9.96. The molecule has 5 atom stereocenters. The number of hydrogen-bond donors (Lipinski definition) is 10. The third-order valence-corrected chi connectivity index (χ3v) is 8.46. The molecule has 0 aliphatic carbocycles. The second kappa shape index (κ2) is 10.1. The Bertz CT molecular complexity index is 2000. The number of nitrogens with zero attached hydrogens (tertiary/aromatic N) is 2. The van der Waals surface area contributed by atoms with Crippen LogP contribution in [0.4, 0.5) is 0 Å². The maximum atomic E-state index is 14.1. The number of amides is 2. The van der Waals surface area contributed by atoms with Crippen LogP contribution in [0, 0.1) is 0 Å². The van der Waals surface area contributed by atoms with Gasteiger partial charge in [-0.05, 0) is 24.3 Å². The van der Waals surface area contributed by atoms with E-state index in [0.29, 0.717) is 21.3 Å². The summed E-state index contributed by atoms with van der Waals surface area (Å²) in [6.45, 7) is -1.88. The van der Waals surface area contributed by atoms with Gasteiger partial charge in [0.05, 0.1) is 59.1 Å². The zero-order valence-electron chi connectivity index (χ0n) is 22.7. The normalized spacial score (nSPS) is 24.2. The molecular formula is C29H28N4O11. The first-order valence-electron chi connectivity index (χ1n) is 13.7. The number of carbonyl (C=O) groups is 2. The van der Waals surface area contributed by atoms with E-state index in [2.05, 4.69) is 10.4 Å². The molecule has 15 nitrogen and oxygen atoms in total. The first-order valence-corrected chi connectivity index (χ1v) is 13.7. The highest BCUT2D eigenvalue weighted by Gasteiger charge is 2.47. The van der Waals surface area contributed by atoms with Gasteiger partial charge >= 0.3 is 0 Å². The number of aromatic amines is 1. The summed E-state index contributed by atoms with van der Waals surface area (Å²) in [4.78, 5) is 31.2. The van der Waals surface area contributed by atoms with Crippen molar-refractivity contribution in [3.05, 3.63) is 47.5 Å². The van der Waals surface area contributed by atoms with Crippen LogP contribution in [0.15, 0.2) is 36.4 Å². The van der Waals surface area contributed by atoms with Crippen molar-refractivity contribution in [1.82, 2.24) is 20.0 Å². The van der Waals surface area contributed by atoms with Crippen molar-refractivity contribution >= 4 is 55.4 Å². The van der Waals surface area contributed by atoms with Gasteiger partial charge in [-0.15, -0.1) is 0 Å². The summed E-state index contributed by atoms with van der Waals surface area (Å²) in [5.41, 5.74) is 3.60. The zero-order valence-corrected chi connectivity index (χ0v) is 22.7. The van der Waals surface area contributed by atoms with Gasteiger partial charge in [-0.3, -0.25) is 9.59 Å². The lowest BCUT2D eigenvalue weighted by molar-refractivity contribution is -0.249. The fourth-order valence-corrected chi connectivity index (χ4v) is 6.41. The van der Waals surface area contributed by atoms with Crippen molar-refractivity contribution in [1.29, 1.82) is 0 Å². The predicted molar refractivity (Wildman–Crippen MR) is 153 cm³/mol. The monoisotopic (exact) mass is 608 g/mol. The molecule has 1 saturated heterocycles. The lowest BCUT2D eigenvalue weighted by Gasteiger charge is -2.41. The fourth-order valence-electron chi connectivity index (χ4n) is 6.41. The summed E-state index contributed by atoms with van der Waals surface area (Å²) in [6.07, 6.45) is -7.92. The molecule has 15 heteroatoms. The van der Waals surface area contributed by atoms with Crippen molar-refractivity contribution in [2.24, 2.45) is 0 Å². The Morgan fingerprint density at radius 3 is 2.14 bits per heavy atom. The molecule has 4 heterocycles. The Hall–Kier alpha value is -4.32. The van der Waals surface area contributed by atoms with Crippen molar-refractivity contribution < 1.29 is 55.2 Å². The molecule has 10 N–H and O–H groups in total. The van der Waals surface area contributed by atoms with Crippen LogP contribution in [0.2, 0.25) is 0 Å². The number of imide groups is 1. The second-order valence-corrected chi connectivity index (χ2v) is 11.0. The molecule has 5 aromatic rings. The summed E-state index contributed by atoms with van der Waals surface area (Å²) < 4.78 is 7.35. The van der Waals surface area contributed by atoms with Crippen LogP contribution in [0.25, 0.3) is 43.6 Å². The molecule has 7 rings (SSSR count). The number of hydrazine groups is 1. The van der Waals surface area contributed by atoms with Crippen molar-refractivity contribution in [3.8, 4) is 11.5 Å². The number of aromatic nitrogens is 2. The third kappa shape index (κ3) is 3.79. The topological polar surface area (TPSA) is 241 Å². The molecule has 3 aromatic carbocycles. The quantitative estimate of drug-likeness (QED) is 0.107. The second-order valence-electron chi connectivity index (χ2n) is 11.0. The molecule has 0 spiro atoms. The largest absolute Gasteiger partial charge is 0.508 e. The van der Waals surface area contributed by atoms with E-state index in [1.165, 1.54) is 34.9 Å². The van der Waals surface area contributed by atoms with E-state index in [1.54, 1.807) is 6.07 Å². The number of benzene rings is 3. The Labute approximate surface area is 246 Å². The van der Waals surface area contributed by atoms with Crippen molar-refractivity contribution in [3.63, 3.8) is 0 Å². The Morgan fingerprint density at radius 1 is 0.841 bits per heavy atom. The zero-order chi connectivity index (χ0) is 31.2. The lowest BCUT2D eigenvalue weighted by Crippen LogP contribution is -2.56. The first-order chi connectivity index (χ1) is 21.1. The first kappa shape index (κ1) is 28.5. The Balaban J connectivity index is 1.65. The number of nitrogens with one attached hydrogen (secondary N) is 2. The summed E-state index contributed by atoms with van der Waals surface area (Å²) in [5.74, 6) is -1.86. The SMILES string of the molecule is O=C1c2c(c3c4ccc(O)cc4n(C4O[C@H](CO)[C@@H](O)[C@@H](O)[C@H]4O)c3c3[nH]c4cc(O)ccc4c23)C(=O)N1NC(CO)CO. The van der Waals surface area contributed by atoms with Gasteiger partial charge in [-0.25, -0.2) is 10.4 Å². The van der Waals surface area contributed by atoms with Gasteiger partial charge in [-0.2, -0.15) is 0 Å². The average Bonchev–Trinajstić information content (AvgIpc) is 3.62. The number of phenolic OH excluding ortho intramolecular Hbond substituents is 2. The smallest absolute Gasteiger partial charge is 0.276 e. The van der Waals surface area contributed by atoms with Crippen LogP contribution < -0.4 is 5.43 Å². The number of H-pyrrole nitrogens is 1. The predicted octanol–water partition coefficient (Wildman–Crippen LogP) is -0.734. The minimum Gasteiger partial charge on any atom is -0.508 e. The van der Waals surface area contributed by atoms with Gasteiger partial charge in [-0.1, -0.05) is 0 Å². The number of hydrogen-bond acceptors (Lipinski definition) is 12. The molecule has 0 radical (unpaired) electrons. The number of aliphatic hydroxyl groups is 6. The van der Waals surface area contributed by atoms with E-state index >= 15 is 0 Å². The molecule has 1 unspecified atom stereocenters. The van der Waals surface area contributed by atoms with E-state index in [4.69, 9.17) is 4.74 Å². The van der Waals surface area contributed by atoms with Gasteiger partial charge in [0.2, 0.25) is 0 Å². The van der Waals surface area contributed by atoms with Crippen LogP contribution in [0.5, 0.6) is 11.5 Å². The maximum absolute atomic E-state index is 14.1. The van der Waals surface area contributed by atoms with Crippen molar-refractivity contribution in [2.45, 2.75) is 36.7 Å². The van der Waals surface area contributed by atoms with Gasteiger partial charge in [0, 0.05) is 33.7 Å². The van der Waals surface area contributed by atoms with Crippen LogP contribution in [0.3, 0.4) is 0 Å². The number of aliphatic hydroxyl groups excluding tert-OH is 6. The summed E-state index contributed by atoms with van der Waals surface area (Å²) in [6, 6.07) is 7.55. The average molecular weight is 609 g/mol. The number of fused-ring (bicyclic) bond motifs is 10.